The van der Waals surface area contributed by atoms with Crippen LogP contribution in [0.1, 0.15) is 48.1 Å². The monoisotopic (exact) mass is 409 g/mol. The van der Waals surface area contributed by atoms with Crippen molar-refractivity contribution in [1.29, 1.82) is 0 Å². The third-order valence-electron chi connectivity index (χ3n) is 5.32. The van der Waals surface area contributed by atoms with E-state index in [4.69, 9.17) is 4.42 Å². The average Bonchev–Trinajstić information content (AvgIpc) is 3.31. The van der Waals surface area contributed by atoms with E-state index in [2.05, 4.69) is 10.4 Å². The van der Waals surface area contributed by atoms with Crippen LogP contribution in [0.4, 0.5) is 0 Å². The summed E-state index contributed by atoms with van der Waals surface area (Å²) in [7, 11) is -0.994. The Morgan fingerprint density at radius 3 is 2.82 bits per heavy atom. The SMILES string of the molecule is Cc1nn([C@H]2CCS(=O)(=O)C2)c(C)c1C[NH+](C)CC(=O)N[C@@H](C)c1ccco1. The van der Waals surface area contributed by atoms with Gasteiger partial charge in [0.25, 0.3) is 5.91 Å². The largest absolute Gasteiger partial charge is 0.467 e. The van der Waals surface area contributed by atoms with E-state index in [1.165, 1.54) is 0 Å². The zero-order valence-electron chi connectivity index (χ0n) is 16.9. The number of carbonyl (C=O) groups is 1. The summed E-state index contributed by atoms with van der Waals surface area (Å²) in [4.78, 5) is 13.4. The Balaban J connectivity index is 1.61. The predicted molar refractivity (Wildman–Crippen MR) is 105 cm³/mol. The highest BCUT2D eigenvalue weighted by Crippen LogP contribution is 2.26. The number of amides is 1. The van der Waals surface area contributed by atoms with Crippen LogP contribution in [0.5, 0.6) is 0 Å². The van der Waals surface area contributed by atoms with Gasteiger partial charge in [-0.25, -0.2) is 8.42 Å². The number of rotatable bonds is 7. The number of aryl methyl sites for hydroxylation is 1. The van der Waals surface area contributed by atoms with Crippen LogP contribution >= 0.6 is 0 Å². The molecule has 1 aliphatic rings. The van der Waals surface area contributed by atoms with Crippen molar-refractivity contribution in [3.8, 4) is 0 Å². The molecule has 28 heavy (non-hydrogen) atoms. The Morgan fingerprint density at radius 1 is 1.46 bits per heavy atom. The van der Waals surface area contributed by atoms with Gasteiger partial charge in [-0.2, -0.15) is 5.10 Å². The van der Waals surface area contributed by atoms with Crippen LogP contribution in [0.3, 0.4) is 0 Å². The summed E-state index contributed by atoms with van der Waals surface area (Å²) in [6.07, 6.45) is 2.20. The van der Waals surface area contributed by atoms with Gasteiger partial charge in [-0.3, -0.25) is 9.48 Å². The van der Waals surface area contributed by atoms with E-state index in [0.29, 0.717) is 19.5 Å². The lowest BCUT2D eigenvalue weighted by Crippen LogP contribution is -3.09. The molecule has 3 atom stereocenters. The van der Waals surface area contributed by atoms with Gasteiger partial charge in [0, 0.05) is 5.69 Å². The third-order valence-corrected chi connectivity index (χ3v) is 7.07. The number of quaternary nitrogens is 1. The summed E-state index contributed by atoms with van der Waals surface area (Å²) in [6.45, 7) is 6.79. The average molecular weight is 410 g/mol. The van der Waals surface area contributed by atoms with Crippen molar-refractivity contribution in [1.82, 2.24) is 15.1 Å². The van der Waals surface area contributed by atoms with E-state index < -0.39 is 9.84 Å². The van der Waals surface area contributed by atoms with Crippen molar-refractivity contribution >= 4 is 15.7 Å². The summed E-state index contributed by atoms with van der Waals surface area (Å²) in [5.74, 6) is 1.06. The molecule has 1 saturated heterocycles. The quantitative estimate of drug-likeness (QED) is 0.687. The van der Waals surface area contributed by atoms with E-state index in [9.17, 15) is 13.2 Å². The first-order chi connectivity index (χ1) is 13.2. The van der Waals surface area contributed by atoms with Crippen molar-refractivity contribution in [3.05, 3.63) is 41.1 Å². The second kappa shape index (κ2) is 8.08. The van der Waals surface area contributed by atoms with E-state index in [1.807, 2.05) is 38.6 Å². The molecule has 2 N–H and O–H groups in total. The Kier molecular flexibility index (Phi) is 5.95. The minimum atomic E-state index is -2.96. The number of nitrogens with zero attached hydrogens (tertiary/aromatic N) is 2. The highest BCUT2D eigenvalue weighted by Gasteiger charge is 2.32. The van der Waals surface area contributed by atoms with Gasteiger partial charge in [0.15, 0.2) is 16.4 Å². The molecule has 2 aromatic heterocycles. The Bertz CT molecular complexity index is 934. The number of carbonyl (C=O) groups excluding carboxylic acids is 1. The lowest BCUT2D eigenvalue weighted by Gasteiger charge is -2.17. The first kappa shape index (κ1) is 20.6. The van der Waals surface area contributed by atoms with Crippen molar-refractivity contribution in [3.63, 3.8) is 0 Å². The summed E-state index contributed by atoms with van der Waals surface area (Å²) in [5, 5.41) is 7.54. The fraction of sp³-hybridized carbons (Fsp3) is 0.579. The molecule has 8 nitrogen and oxygen atoms in total. The standard InChI is InChI=1S/C19H28N4O4S/c1-13-17(15(3)23(21-13)16-7-9-28(25,26)12-16)10-22(4)11-19(24)20-14(2)18-6-5-8-27-18/h5-6,8,14,16H,7,9-12H2,1-4H3,(H,20,24)/p+1/t14-,16-/m0/s1. The lowest BCUT2D eigenvalue weighted by molar-refractivity contribution is -0.885. The van der Waals surface area contributed by atoms with Crippen LogP contribution in [0, 0.1) is 13.8 Å². The minimum Gasteiger partial charge on any atom is -0.467 e. The van der Waals surface area contributed by atoms with Gasteiger partial charge in [-0.1, -0.05) is 0 Å². The molecule has 0 radical (unpaired) electrons. The van der Waals surface area contributed by atoms with Crippen LogP contribution in [0.2, 0.25) is 0 Å². The van der Waals surface area contributed by atoms with Crippen LogP contribution in [0.25, 0.3) is 0 Å². The maximum absolute atomic E-state index is 12.3. The second-order valence-electron chi connectivity index (χ2n) is 7.77. The molecule has 1 unspecified atom stereocenters. The van der Waals surface area contributed by atoms with Gasteiger partial charge in [0.2, 0.25) is 0 Å². The van der Waals surface area contributed by atoms with Gasteiger partial charge in [-0.15, -0.1) is 0 Å². The highest BCUT2D eigenvalue weighted by molar-refractivity contribution is 7.91. The number of likely N-dealkylation sites (N-methyl/N-ethyl adjacent to an activating group) is 1. The Labute approximate surface area is 165 Å². The van der Waals surface area contributed by atoms with E-state index in [1.54, 1.807) is 12.3 Å². The van der Waals surface area contributed by atoms with Crippen molar-refractivity contribution in [2.45, 2.75) is 45.8 Å². The molecule has 1 aliphatic heterocycles. The second-order valence-corrected chi connectivity index (χ2v) is 9.99. The topological polar surface area (TPSA) is 98.6 Å². The Hall–Kier alpha value is -2.13. The van der Waals surface area contributed by atoms with Gasteiger partial charge < -0.3 is 14.6 Å². The maximum atomic E-state index is 12.3. The summed E-state index contributed by atoms with van der Waals surface area (Å²) in [6, 6.07) is 3.38. The fourth-order valence-electron chi connectivity index (χ4n) is 3.82. The lowest BCUT2D eigenvalue weighted by atomic mass is 10.1. The molecule has 0 spiro atoms. The van der Waals surface area contributed by atoms with Gasteiger partial charge >= 0.3 is 0 Å². The zero-order chi connectivity index (χ0) is 20.5. The molecule has 0 aromatic carbocycles. The summed E-state index contributed by atoms with van der Waals surface area (Å²) < 4.78 is 30.8. The Morgan fingerprint density at radius 2 is 2.21 bits per heavy atom. The zero-order valence-corrected chi connectivity index (χ0v) is 17.7. The molecule has 0 saturated carbocycles. The van der Waals surface area contributed by atoms with Gasteiger partial charge in [-0.05, 0) is 39.3 Å². The molecule has 154 valence electrons. The molecular formula is C19H29N4O4S+. The van der Waals surface area contributed by atoms with Crippen LogP contribution in [-0.4, -0.2) is 49.2 Å². The van der Waals surface area contributed by atoms with Crippen LogP contribution < -0.4 is 10.2 Å². The highest BCUT2D eigenvalue weighted by atomic mass is 32.2. The van der Waals surface area contributed by atoms with Gasteiger partial charge in [0.1, 0.15) is 12.3 Å². The molecule has 2 aromatic rings. The van der Waals surface area contributed by atoms with Crippen molar-refractivity contribution in [2.24, 2.45) is 0 Å². The molecular weight excluding hydrogens is 380 g/mol. The maximum Gasteiger partial charge on any atom is 0.275 e. The molecule has 0 aliphatic carbocycles. The smallest absolute Gasteiger partial charge is 0.275 e. The van der Waals surface area contributed by atoms with Crippen molar-refractivity contribution in [2.75, 3.05) is 25.1 Å². The van der Waals surface area contributed by atoms with Gasteiger partial charge in [0.05, 0.1) is 48.2 Å². The molecule has 1 amide bonds. The number of aromatic nitrogens is 2. The first-order valence-electron chi connectivity index (χ1n) is 9.55. The number of sulfone groups is 1. The number of furan rings is 1. The van der Waals surface area contributed by atoms with E-state index in [0.717, 1.165) is 27.6 Å². The van der Waals surface area contributed by atoms with Crippen molar-refractivity contribution < 1.29 is 22.5 Å². The third kappa shape index (κ3) is 4.64. The van der Waals surface area contributed by atoms with Crippen LogP contribution in [0.15, 0.2) is 22.8 Å². The van der Waals surface area contributed by atoms with E-state index >= 15 is 0 Å². The summed E-state index contributed by atoms with van der Waals surface area (Å²) in [5.41, 5.74) is 2.96. The number of nitrogens with one attached hydrogen (secondary N) is 2. The normalized spacial score (nSPS) is 20.8. The molecule has 0 bridgehead atoms. The number of hydrogen-bond acceptors (Lipinski definition) is 5. The molecule has 3 heterocycles. The number of hydrogen-bond donors (Lipinski definition) is 2. The van der Waals surface area contributed by atoms with E-state index in [-0.39, 0.29) is 29.5 Å². The molecule has 1 fully saturated rings. The van der Waals surface area contributed by atoms with Crippen LogP contribution in [-0.2, 0) is 21.2 Å². The minimum absolute atomic E-state index is 0.0500. The fourth-order valence-corrected chi connectivity index (χ4v) is 5.51. The summed E-state index contributed by atoms with van der Waals surface area (Å²) >= 11 is 0. The predicted octanol–water partition coefficient (Wildman–Crippen LogP) is 0.345. The molecule has 9 heteroatoms. The first-order valence-corrected chi connectivity index (χ1v) is 11.4. The molecule has 3 rings (SSSR count).